The van der Waals surface area contributed by atoms with Gasteiger partial charge in [-0.2, -0.15) is 0 Å². The highest BCUT2D eigenvalue weighted by Gasteiger charge is 2.22. The zero-order valence-electron chi connectivity index (χ0n) is 13.6. The van der Waals surface area contributed by atoms with Crippen LogP contribution < -0.4 is 5.32 Å². The maximum absolute atomic E-state index is 5.88. The van der Waals surface area contributed by atoms with E-state index in [1.165, 1.54) is 5.56 Å². The van der Waals surface area contributed by atoms with Crippen molar-refractivity contribution in [2.24, 2.45) is 0 Å². The fraction of sp³-hybridized carbons (Fsp3) is 0.529. The predicted octanol–water partition coefficient (Wildman–Crippen LogP) is 4.09. The third-order valence-corrected chi connectivity index (χ3v) is 3.48. The van der Waals surface area contributed by atoms with Crippen LogP contribution in [0.1, 0.15) is 58.5 Å². The van der Waals surface area contributed by atoms with Gasteiger partial charge in [0.25, 0.3) is 0 Å². The Morgan fingerprint density at radius 1 is 1.19 bits per heavy atom. The molecule has 1 aromatic heterocycles. The Morgan fingerprint density at radius 3 is 2.57 bits per heavy atom. The van der Waals surface area contributed by atoms with E-state index in [0.29, 0.717) is 11.8 Å². The fourth-order valence-electron chi connectivity index (χ4n) is 2.29. The summed E-state index contributed by atoms with van der Waals surface area (Å²) >= 11 is 0. The highest BCUT2D eigenvalue weighted by atomic mass is 16.4. The lowest BCUT2D eigenvalue weighted by atomic mass is 9.84. The highest BCUT2D eigenvalue weighted by Crippen LogP contribution is 2.32. The van der Waals surface area contributed by atoms with E-state index in [1.54, 1.807) is 0 Å². The molecule has 1 N–H and O–H groups in total. The number of benzene rings is 1. The molecule has 4 heteroatoms. The smallest absolute Gasteiger partial charge is 0.248 e. The molecule has 1 aromatic carbocycles. The first-order valence-electron chi connectivity index (χ1n) is 7.60. The van der Waals surface area contributed by atoms with Gasteiger partial charge in [-0.25, -0.2) is 0 Å². The van der Waals surface area contributed by atoms with E-state index in [2.05, 4.69) is 49.3 Å². The summed E-state index contributed by atoms with van der Waals surface area (Å²) in [5, 5.41) is 11.8. The van der Waals surface area contributed by atoms with E-state index in [1.807, 2.05) is 25.1 Å². The van der Waals surface area contributed by atoms with E-state index in [0.717, 1.165) is 18.5 Å². The van der Waals surface area contributed by atoms with Crippen LogP contribution in [0.5, 0.6) is 0 Å². The average molecular weight is 287 g/mol. The normalized spacial score (nSPS) is 13.4. The van der Waals surface area contributed by atoms with Crippen molar-refractivity contribution < 1.29 is 4.42 Å². The largest absolute Gasteiger partial charge is 0.419 e. The molecule has 0 aliphatic carbocycles. The molecule has 0 aliphatic rings. The van der Waals surface area contributed by atoms with Gasteiger partial charge in [0, 0.05) is 5.56 Å². The van der Waals surface area contributed by atoms with Gasteiger partial charge in [0.1, 0.15) is 0 Å². The molecule has 0 bridgehead atoms. The van der Waals surface area contributed by atoms with Gasteiger partial charge in [-0.3, -0.25) is 0 Å². The summed E-state index contributed by atoms with van der Waals surface area (Å²) < 4.78 is 5.88. The van der Waals surface area contributed by atoms with Crippen molar-refractivity contribution in [2.45, 2.75) is 52.5 Å². The van der Waals surface area contributed by atoms with E-state index in [9.17, 15) is 0 Å². The zero-order chi connectivity index (χ0) is 15.5. The Bertz CT molecular complexity index is 584. The standard InChI is InChI=1S/C17H25N3O/c1-6-11-18-12(2)15-19-20-16(21-15)13-9-7-8-10-14(13)17(3,4)5/h7-10,12,18H,6,11H2,1-5H3. The third kappa shape index (κ3) is 3.70. The first-order chi connectivity index (χ1) is 9.93. The van der Waals surface area contributed by atoms with Crippen molar-refractivity contribution in [1.29, 1.82) is 0 Å². The Kier molecular flexibility index (Phi) is 4.78. The topological polar surface area (TPSA) is 51.0 Å². The quantitative estimate of drug-likeness (QED) is 0.899. The van der Waals surface area contributed by atoms with Crippen LogP contribution in [0.2, 0.25) is 0 Å². The maximum Gasteiger partial charge on any atom is 0.248 e. The molecule has 0 amide bonds. The Balaban J connectivity index is 2.30. The van der Waals surface area contributed by atoms with Crippen LogP contribution in [0.15, 0.2) is 28.7 Å². The summed E-state index contributed by atoms with van der Waals surface area (Å²) in [6.45, 7) is 11.7. The maximum atomic E-state index is 5.88. The first kappa shape index (κ1) is 15.7. The van der Waals surface area contributed by atoms with Crippen LogP contribution in [0.4, 0.5) is 0 Å². The lowest BCUT2D eigenvalue weighted by molar-refractivity contribution is 0.422. The minimum atomic E-state index is 0.0390. The molecular formula is C17H25N3O. The number of nitrogens with zero attached hydrogens (tertiary/aromatic N) is 2. The lowest BCUT2D eigenvalue weighted by Crippen LogP contribution is -2.19. The van der Waals surface area contributed by atoms with Crippen molar-refractivity contribution in [3.05, 3.63) is 35.7 Å². The van der Waals surface area contributed by atoms with Gasteiger partial charge in [0.05, 0.1) is 6.04 Å². The first-order valence-corrected chi connectivity index (χ1v) is 7.60. The zero-order valence-corrected chi connectivity index (χ0v) is 13.6. The van der Waals surface area contributed by atoms with Gasteiger partial charge < -0.3 is 9.73 Å². The van der Waals surface area contributed by atoms with E-state index in [4.69, 9.17) is 4.42 Å². The van der Waals surface area contributed by atoms with Gasteiger partial charge in [-0.05, 0) is 36.9 Å². The Hall–Kier alpha value is -1.68. The Labute approximate surface area is 127 Å². The molecule has 0 saturated heterocycles. The molecule has 0 spiro atoms. The lowest BCUT2D eigenvalue weighted by Gasteiger charge is -2.21. The monoisotopic (exact) mass is 287 g/mol. The number of rotatable bonds is 5. The predicted molar refractivity (Wildman–Crippen MR) is 85.1 cm³/mol. The minimum absolute atomic E-state index is 0.0390. The summed E-state index contributed by atoms with van der Waals surface area (Å²) in [7, 11) is 0. The second-order valence-corrected chi connectivity index (χ2v) is 6.42. The molecular weight excluding hydrogens is 262 g/mol. The molecule has 1 atom stereocenters. The van der Waals surface area contributed by atoms with Crippen molar-refractivity contribution in [1.82, 2.24) is 15.5 Å². The number of aromatic nitrogens is 2. The molecule has 0 radical (unpaired) electrons. The molecule has 21 heavy (non-hydrogen) atoms. The van der Waals surface area contributed by atoms with E-state index < -0.39 is 0 Å². The summed E-state index contributed by atoms with van der Waals surface area (Å²) in [4.78, 5) is 0. The summed E-state index contributed by atoms with van der Waals surface area (Å²) in [5.41, 5.74) is 2.28. The van der Waals surface area contributed by atoms with Crippen molar-refractivity contribution in [2.75, 3.05) is 6.54 Å². The number of hydrogen-bond donors (Lipinski definition) is 1. The van der Waals surface area contributed by atoms with Crippen molar-refractivity contribution >= 4 is 0 Å². The molecule has 1 heterocycles. The van der Waals surface area contributed by atoms with Crippen LogP contribution in [0, 0.1) is 0 Å². The minimum Gasteiger partial charge on any atom is -0.419 e. The number of nitrogens with one attached hydrogen (secondary N) is 1. The summed E-state index contributed by atoms with van der Waals surface area (Å²) in [5.74, 6) is 1.24. The van der Waals surface area contributed by atoms with Crippen LogP contribution in [-0.4, -0.2) is 16.7 Å². The molecule has 0 fully saturated rings. The summed E-state index contributed by atoms with van der Waals surface area (Å²) in [6, 6.07) is 8.30. The molecule has 2 aromatic rings. The van der Waals surface area contributed by atoms with Gasteiger partial charge >= 0.3 is 0 Å². The van der Waals surface area contributed by atoms with E-state index in [-0.39, 0.29) is 11.5 Å². The van der Waals surface area contributed by atoms with Crippen LogP contribution in [0.3, 0.4) is 0 Å². The molecule has 0 aliphatic heterocycles. The highest BCUT2D eigenvalue weighted by molar-refractivity contribution is 5.60. The summed E-state index contributed by atoms with van der Waals surface area (Å²) in [6.07, 6.45) is 1.08. The molecule has 0 saturated carbocycles. The molecule has 2 rings (SSSR count). The van der Waals surface area contributed by atoms with Crippen molar-refractivity contribution in [3.63, 3.8) is 0 Å². The Morgan fingerprint density at radius 2 is 1.90 bits per heavy atom. The second kappa shape index (κ2) is 6.39. The second-order valence-electron chi connectivity index (χ2n) is 6.42. The van der Waals surface area contributed by atoms with E-state index >= 15 is 0 Å². The third-order valence-electron chi connectivity index (χ3n) is 3.48. The molecule has 114 valence electrons. The van der Waals surface area contributed by atoms with Crippen LogP contribution in [-0.2, 0) is 5.41 Å². The van der Waals surface area contributed by atoms with Gasteiger partial charge in [-0.15, -0.1) is 10.2 Å². The molecule has 4 nitrogen and oxygen atoms in total. The van der Waals surface area contributed by atoms with Gasteiger partial charge in [-0.1, -0.05) is 45.9 Å². The average Bonchev–Trinajstić information content (AvgIpc) is 2.93. The van der Waals surface area contributed by atoms with Crippen LogP contribution in [0.25, 0.3) is 11.5 Å². The molecule has 1 unspecified atom stereocenters. The van der Waals surface area contributed by atoms with Gasteiger partial charge in [0.2, 0.25) is 11.8 Å². The van der Waals surface area contributed by atoms with Crippen molar-refractivity contribution in [3.8, 4) is 11.5 Å². The SMILES string of the molecule is CCCNC(C)c1nnc(-c2ccccc2C(C)(C)C)o1. The fourth-order valence-corrected chi connectivity index (χ4v) is 2.29. The van der Waals surface area contributed by atoms with Gasteiger partial charge in [0.15, 0.2) is 0 Å². The number of hydrogen-bond acceptors (Lipinski definition) is 4. The van der Waals surface area contributed by atoms with Crippen LogP contribution >= 0.6 is 0 Å².